The van der Waals surface area contributed by atoms with Crippen LogP contribution >= 0.6 is 0 Å². The molecular weight excluding hydrogens is 324 g/mol. The molecule has 8 heteroatoms. The highest BCUT2D eigenvalue weighted by Crippen LogP contribution is 2.19. The molecule has 0 radical (unpaired) electrons. The quantitative estimate of drug-likeness (QED) is 0.782. The Labute approximate surface area is 147 Å². The van der Waals surface area contributed by atoms with E-state index >= 15 is 0 Å². The lowest BCUT2D eigenvalue weighted by Crippen LogP contribution is -2.42. The average Bonchev–Trinajstić information content (AvgIpc) is 3.14. The molecule has 2 saturated heterocycles. The topological polar surface area (TPSA) is 87.9 Å². The van der Waals surface area contributed by atoms with E-state index in [-0.39, 0.29) is 24.2 Å². The number of hydrogen-bond acceptors (Lipinski definition) is 6. The first-order valence-electron chi connectivity index (χ1n) is 8.82. The van der Waals surface area contributed by atoms with Gasteiger partial charge in [0.25, 0.3) is 0 Å². The first-order valence-corrected chi connectivity index (χ1v) is 8.82. The van der Waals surface area contributed by atoms with Crippen LogP contribution in [-0.2, 0) is 20.9 Å². The summed E-state index contributed by atoms with van der Waals surface area (Å²) in [6.45, 7) is 9.39. The van der Waals surface area contributed by atoms with Gasteiger partial charge in [-0.3, -0.25) is 14.5 Å². The molecular formula is C17H26N4O4. The van der Waals surface area contributed by atoms with Crippen molar-refractivity contribution < 1.29 is 18.8 Å². The van der Waals surface area contributed by atoms with Gasteiger partial charge in [0.2, 0.25) is 11.8 Å². The van der Waals surface area contributed by atoms with Crippen LogP contribution in [0.3, 0.4) is 0 Å². The van der Waals surface area contributed by atoms with Gasteiger partial charge >= 0.3 is 0 Å². The van der Waals surface area contributed by atoms with Gasteiger partial charge in [-0.1, -0.05) is 5.16 Å². The molecule has 1 N–H and O–H groups in total. The van der Waals surface area contributed by atoms with Gasteiger partial charge in [0, 0.05) is 51.3 Å². The molecule has 3 rings (SSSR count). The van der Waals surface area contributed by atoms with Crippen molar-refractivity contribution in [3.63, 3.8) is 0 Å². The minimum atomic E-state index is -0.280. The van der Waals surface area contributed by atoms with Crippen molar-refractivity contribution in [1.82, 2.24) is 20.3 Å². The van der Waals surface area contributed by atoms with Crippen LogP contribution in [0.5, 0.6) is 0 Å². The minimum absolute atomic E-state index is 0.0609. The number of aryl methyl sites for hydroxylation is 2. The molecule has 0 bridgehead atoms. The van der Waals surface area contributed by atoms with Crippen LogP contribution < -0.4 is 5.32 Å². The average molecular weight is 350 g/mol. The van der Waals surface area contributed by atoms with Crippen LogP contribution in [0.2, 0.25) is 0 Å². The summed E-state index contributed by atoms with van der Waals surface area (Å²) in [4.78, 5) is 28.7. The van der Waals surface area contributed by atoms with Crippen molar-refractivity contribution >= 4 is 11.8 Å². The normalized spacial score (nSPS) is 21.8. The molecule has 2 fully saturated rings. The highest BCUT2D eigenvalue weighted by molar-refractivity contribution is 5.89. The Morgan fingerprint density at radius 3 is 2.72 bits per heavy atom. The van der Waals surface area contributed by atoms with Gasteiger partial charge in [0.15, 0.2) is 0 Å². The van der Waals surface area contributed by atoms with Gasteiger partial charge in [-0.2, -0.15) is 0 Å². The molecule has 138 valence electrons. The zero-order valence-corrected chi connectivity index (χ0v) is 14.9. The number of carbonyl (C=O) groups is 2. The predicted molar refractivity (Wildman–Crippen MR) is 89.8 cm³/mol. The second-order valence-electron chi connectivity index (χ2n) is 6.72. The third kappa shape index (κ3) is 4.38. The number of ether oxygens (including phenoxy) is 1. The molecule has 0 saturated carbocycles. The van der Waals surface area contributed by atoms with Gasteiger partial charge in [-0.15, -0.1) is 0 Å². The molecule has 0 spiro atoms. The fourth-order valence-corrected chi connectivity index (χ4v) is 3.32. The fraction of sp³-hybridized carbons (Fsp3) is 0.706. The van der Waals surface area contributed by atoms with E-state index in [0.29, 0.717) is 25.4 Å². The first kappa shape index (κ1) is 17.9. The summed E-state index contributed by atoms with van der Waals surface area (Å²) < 4.78 is 10.4. The summed E-state index contributed by atoms with van der Waals surface area (Å²) in [7, 11) is 0. The van der Waals surface area contributed by atoms with E-state index in [1.165, 1.54) is 0 Å². The molecule has 1 aromatic rings. The number of rotatable bonds is 6. The summed E-state index contributed by atoms with van der Waals surface area (Å²) in [5, 5.41) is 6.79. The Morgan fingerprint density at radius 1 is 1.28 bits per heavy atom. The van der Waals surface area contributed by atoms with Gasteiger partial charge < -0.3 is 19.5 Å². The Bertz CT molecular complexity index is 605. The maximum Gasteiger partial charge on any atom is 0.225 e. The Balaban J connectivity index is 1.45. The molecule has 25 heavy (non-hydrogen) atoms. The summed E-state index contributed by atoms with van der Waals surface area (Å²) in [5.74, 6) is 0.415. The van der Waals surface area contributed by atoms with E-state index in [0.717, 1.165) is 44.1 Å². The van der Waals surface area contributed by atoms with E-state index in [2.05, 4.69) is 15.4 Å². The van der Waals surface area contributed by atoms with Crippen molar-refractivity contribution in [3.8, 4) is 0 Å². The number of hydrogen-bond donors (Lipinski definition) is 1. The van der Waals surface area contributed by atoms with E-state index in [4.69, 9.17) is 9.26 Å². The summed E-state index contributed by atoms with van der Waals surface area (Å²) in [6.07, 6.45) is 0.288. The lowest BCUT2D eigenvalue weighted by Gasteiger charge is -2.28. The van der Waals surface area contributed by atoms with Crippen molar-refractivity contribution in [1.29, 1.82) is 0 Å². The van der Waals surface area contributed by atoms with Crippen LogP contribution in [0.1, 0.15) is 23.4 Å². The fourth-order valence-electron chi connectivity index (χ4n) is 3.32. The Morgan fingerprint density at radius 2 is 2.04 bits per heavy atom. The highest BCUT2D eigenvalue weighted by atomic mass is 16.5. The summed E-state index contributed by atoms with van der Waals surface area (Å²) >= 11 is 0. The van der Waals surface area contributed by atoms with Gasteiger partial charge in [0.05, 0.1) is 24.8 Å². The van der Waals surface area contributed by atoms with Crippen molar-refractivity contribution in [3.05, 3.63) is 17.0 Å². The number of likely N-dealkylation sites (tertiary alicyclic amines) is 1. The van der Waals surface area contributed by atoms with Crippen molar-refractivity contribution in [2.75, 3.05) is 45.9 Å². The summed E-state index contributed by atoms with van der Waals surface area (Å²) in [5.41, 5.74) is 1.69. The second kappa shape index (κ2) is 7.97. The molecule has 1 aromatic heterocycles. The molecule has 0 aromatic carbocycles. The number of nitrogens with zero attached hydrogens (tertiary/aromatic N) is 3. The van der Waals surface area contributed by atoms with Crippen molar-refractivity contribution in [2.24, 2.45) is 5.92 Å². The van der Waals surface area contributed by atoms with E-state index in [1.54, 1.807) is 4.90 Å². The van der Waals surface area contributed by atoms with Crippen LogP contribution in [0.25, 0.3) is 0 Å². The van der Waals surface area contributed by atoms with Crippen LogP contribution in [0.4, 0.5) is 0 Å². The highest BCUT2D eigenvalue weighted by Gasteiger charge is 2.34. The number of morpholine rings is 1. The lowest BCUT2D eigenvalue weighted by atomic mass is 10.1. The lowest BCUT2D eigenvalue weighted by molar-refractivity contribution is -0.129. The largest absolute Gasteiger partial charge is 0.379 e. The number of carbonyl (C=O) groups excluding carboxylic acids is 2. The van der Waals surface area contributed by atoms with Gasteiger partial charge in [-0.05, 0) is 13.8 Å². The molecule has 2 aliphatic rings. The minimum Gasteiger partial charge on any atom is -0.379 e. The number of nitrogens with one attached hydrogen (secondary N) is 1. The Kier molecular flexibility index (Phi) is 5.70. The van der Waals surface area contributed by atoms with E-state index in [9.17, 15) is 9.59 Å². The maximum absolute atomic E-state index is 12.4. The maximum atomic E-state index is 12.4. The van der Waals surface area contributed by atoms with Gasteiger partial charge in [-0.25, -0.2) is 0 Å². The van der Waals surface area contributed by atoms with E-state index < -0.39 is 0 Å². The molecule has 1 unspecified atom stereocenters. The third-order valence-corrected chi connectivity index (χ3v) is 5.00. The Hall–Kier alpha value is -1.93. The van der Waals surface area contributed by atoms with Gasteiger partial charge in [0.1, 0.15) is 5.76 Å². The monoisotopic (exact) mass is 350 g/mol. The first-order chi connectivity index (χ1) is 12.0. The molecule has 3 heterocycles. The second-order valence-corrected chi connectivity index (χ2v) is 6.72. The predicted octanol–water partition coefficient (Wildman–Crippen LogP) is 0.0883. The van der Waals surface area contributed by atoms with Crippen LogP contribution in [0.15, 0.2) is 4.52 Å². The van der Waals surface area contributed by atoms with Crippen molar-refractivity contribution in [2.45, 2.75) is 26.8 Å². The van der Waals surface area contributed by atoms with E-state index in [1.807, 2.05) is 13.8 Å². The molecule has 8 nitrogen and oxygen atoms in total. The molecule has 2 amide bonds. The number of amides is 2. The molecule has 1 atom stereocenters. The summed E-state index contributed by atoms with van der Waals surface area (Å²) in [6, 6.07) is 0. The smallest absolute Gasteiger partial charge is 0.225 e. The molecule has 0 aliphatic carbocycles. The SMILES string of the molecule is Cc1noc(C)c1CNC(=O)C1CC(=O)N(CCN2CCOCC2)C1. The zero-order chi connectivity index (χ0) is 17.8. The third-order valence-electron chi connectivity index (χ3n) is 5.00. The van der Waals surface area contributed by atoms with Crippen LogP contribution in [0, 0.1) is 19.8 Å². The standard InChI is InChI=1S/C17H26N4O4/c1-12-15(13(2)25-19-12)10-18-17(23)14-9-16(22)21(11-14)4-3-20-5-7-24-8-6-20/h14H,3-11H2,1-2H3,(H,18,23). The number of aromatic nitrogens is 1. The molecule has 2 aliphatic heterocycles. The zero-order valence-electron chi connectivity index (χ0n) is 14.9. The van der Waals surface area contributed by atoms with Crippen LogP contribution in [-0.4, -0.2) is 72.7 Å².